The normalized spacial score (nSPS) is 15.4. The highest BCUT2D eigenvalue weighted by molar-refractivity contribution is 8.26. The highest BCUT2D eigenvalue weighted by Gasteiger charge is 2.30. The number of ether oxygens (including phenoxy) is 2. The molecule has 28 heavy (non-hydrogen) atoms. The number of carbonyl (C=O) groups is 1. The summed E-state index contributed by atoms with van der Waals surface area (Å²) >= 11 is 12.6. The zero-order valence-electron chi connectivity index (χ0n) is 15.4. The Bertz CT molecular complexity index is 901. The van der Waals surface area contributed by atoms with Gasteiger partial charge in [-0.2, -0.15) is 0 Å². The maximum absolute atomic E-state index is 12.3. The molecule has 1 saturated heterocycles. The number of benzene rings is 2. The molecule has 1 heterocycles. The Morgan fingerprint density at radius 2 is 1.93 bits per heavy atom. The molecule has 2 aromatic rings. The molecule has 0 N–H and O–H groups in total. The predicted octanol–water partition coefficient (Wildman–Crippen LogP) is 5.41. The minimum Gasteiger partial charge on any atom is -0.493 e. The highest BCUT2D eigenvalue weighted by atomic mass is 35.5. The number of rotatable bonds is 8. The summed E-state index contributed by atoms with van der Waals surface area (Å²) in [6.45, 7) is 3.54. The molecule has 0 radical (unpaired) electrons. The van der Waals surface area contributed by atoms with E-state index in [1.165, 1.54) is 11.8 Å². The second-order valence-corrected chi connectivity index (χ2v) is 8.06. The molecule has 0 unspecified atom stereocenters. The van der Waals surface area contributed by atoms with Gasteiger partial charge in [0.05, 0.1) is 23.1 Å². The van der Waals surface area contributed by atoms with Gasteiger partial charge >= 0.3 is 0 Å². The van der Waals surface area contributed by atoms with E-state index in [1.54, 1.807) is 11.0 Å². The predicted molar refractivity (Wildman–Crippen MR) is 119 cm³/mol. The lowest BCUT2D eigenvalue weighted by Gasteiger charge is -2.10. The molecule has 7 heteroatoms. The van der Waals surface area contributed by atoms with Crippen LogP contribution >= 0.6 is 35.6 Å². The maximum atomic E-state index is 12.3. The Labute approximate surface area is 179 Å². The molecule has 0 bridgehead atoms. The highest BCUT2D eigenvalue weighted by Crippen LogP contribution is 2.32. The third-order valence-electron chi connectivity index (χ3n) is 4.00. The van der Waals surface area contributed by atoms with Crippen molar-refractivity contribution in [3.63, 3.8) is 0 Å². The summed E-state index contributed by atoms with van der Waals surface area (Å²) in [7, 11) is 0. The summed E-state index contributed by atoms with van der Waals surface area (Å²) in [6, 6.07) is 15.0. The van der Waals surface area contributed by atoms with Crippen molar-refractivity contribution in [3.05, 3.63) is 64.0 Å². The van der Waals surface area contributed by atoms with Crippen LogP contribution in [-0.4, -0.2) is 34.9 Å². The van der Waals surface area contributed by atoms with E-state index in [-0.39, 0.29) is 5.91 Å². The summed E-state index contributed by atoms with van der Waals surface area (Å²) in [5.74, 6) is 1.38. The van der Waals surface area contributed by atoms with Crippen LogP contribution in [0.5, 0.6) is 11.5 Å². The lowest BCUT2D eigenvalue weighted by Crippen LogP contribution is -2.27. The van der Waals surface area contributed by atoms with Crippen LogP contribution in [0.1, 0.15) is 18.9 Å². The zero-order chi connectivity index (χ0) is 19.9. The number of likely N-dealkylation sites (N-methyl/N-ethyl adjacent to an activating group) is 1. The molecule has 0 aliphatic carbocycles. The number of thioether (sulfide) groups is 1. The quantitative estimate of drug-likeness (QED) is 0.316. The summed E-state index contributed by atoms with van der Waals surface area (Å²) in [4.78, 5) is 14.6. The van der Waals surface area contributed by atoms with Crippen molar-refractivity contribution in [1.82, 2.24) is 4.90 Å². The van der Waals surface area contributed by atoms with Crippen LogP contribution in [-0.2, 0) is 4.79 Å². The fraction of sp³-hybridized carbons (Fsp3) is 0.238. The first-order valence-corrected chi connectivity index (χ1v) is 10.5. The third kappa shape index (κ3) is 5.28. The molecule has 2 aromatic carbocycles. The number of hydrogen-bond donors (Lipinski definition) is 0. The zero-order valence-corrected chi connectivity index (χ0v) is 17.8. The van der Waals surface area contributed by atoms with Crippen molar-refractivity contribution < 1.29 is 14.3 Å². The Kier molecular flexibility index (Phi) is 7.36. The summed E-state index contributed by atoms with van der Waals surface area (Å²) in [5, 5.41) is 0.601. The van der Waals surface area contributed by atoms with Gasteiger partial charge in [0.25, 0.3) is 5.91 Å². The van der Waals surface area contributed by atoms with Crippen molar-refractivity contribution in [1.29, 1.82) is 0 Å². The first kappa shape index (κ1) is 20.7. The Morgan fingerprint density at radius 3 is 2.68 bits per heavy atom. The van der Waals surface area contributed by atoms with E-state index in [0.717, 1.165) is 17.7 Å². The lowest BCUT2D eigenvalue weighted by atomic mass is 10.2. The van der Waals surface area contributed by atoms with E-state index in [2.05, 4.69) is 0 Å². The van der Waals surface area contributed by atoms with Gasteiger partial charge in [-0.3, -0.25) is 9.69 Å². The number of halogens is 1. The molecule has 1 amide bonds. The number of hydrogen-bond acceptors (Lipinski definition) is 5. The van der Waals surface area contributed by atoms with E-state index in [9.17, 15) is 4.79 Å². The lowest BCUT2D eigenvalue weighted by molar-refractivity contribution is -0.121. The van der Waals surface area contributed by atoms with Gasteiger partial charge in [0.15, 0.2) is 0 Å². The summed E-state index contributed by atoms with van der Waals surface area (Å²) in [6.07, 6.45) is 2.58. The largest absolute Gasteiger partial charge is 0.493 e. The van der Waals surface area contributed by atoms with Crippen molar-refractivity contribution in [2.24, 2.45) is 0 Å². The van der Waals surface area contributed by atoms with Gasteiger partial charge < -0.3 is 9.47 Å². The minimum absolute atomic E-state index is 0.0412. The first-order chi connectivity index (χ1) is 13.6. The van der Waals surface area contributed by atoms with E-state index >= 15 is 0 Å². The van der Waals surface area contributed by atoms with E-state index in [0.29, 0.717) is 39.8 Å². The molecular weight excluding hydrogens is 414 g/mol. The van der Waals surface area contributed by atoms with Crippen LogP contribution < -0.4 is 9.47 Å². The molecule has 0 atom stereocenters. The van der Waals surface area contributed by atoms with Crippen molar-refractivity contribution in [2.75, 3.05) is 19.8 Å². The average molecular weight is 434 g/mol. The topological polar surface area (TPSA) is 38.8 Å². The number of para-hydroxylation sites is 1. The van der Waals surface area contributed by atoms with Crippen LogP contribution in [0.3, 0.4) is 0 Å². The molecule has 0 saturated carbocycles. The van der Waals surface area contributed by atoms with Gasteiger partial charge in [-0.1, -0.05) is 59.8 Å². The van der Waals surface area contributed by atoms with Gasteiger partial charge in [-0.05, 0) is 42.8 Å². The van der Waals surface area contributed by atoms with Crippen LogP contribution in [0.25, 0.3) is 6.08 Å². The number of carbonyl (C=O) groups excluding carboxylic acids is 1. The van der Waals surface area contributed by atoms with E-state index in [4.69, 9.17) is 33.3 Å². The second-order valence-electron chi connectivity index (χ2n) is 5.98. The molecule has 1 fully saturated rings. The number of nitrogens with zero attached hydrogens (tertiary/aromatic N) is 1. The van der Waals surface area contributed by atoms with Crippen molar-refractivity contribution in [3.8, 4) is 11.5 Å². The third-order valence-corrected chi connectivity index (χ3v) is 5.69. The van der Waals surface area contributed by atoms with Gasteiger partial charge in [0, 0.05) is 13.0 Å². The van der Waals surface area contributed by atoms with Crippen LogP contribution in [0.2, 0.25) is 5.02 Å². The van der Waals surface area contributed by atoms with Crippen molar-refractivity contribution >= 4 is 51.9 Å². The van der Waals surface area contributed by atoms with Gasteiger partial charge in [-0.25, -0.2) is 0 Å². The van der Waals surface area contributed by atoms with Crippen molar-refractivity contribution in [2.45, 2.75) is 13.3 Å². The Hall–Kier alpha value is -2.02. The van der Waals surface area contributed by atoms with E-state index in [1.807, 2.05) is 55.5 Å². The Balaban J connectivity index is 1.51. The molecule has 3 rings (SSSR count). The van der Waals surface area contributed by atoms with Gasteiger partial charge in [-0.15, -0.1) is 0 Å². The SMILES string of the molecule is CCN1C(=O)/C(=C\c2cccc(OCCCOc3ccccc3Cl)c2)SC1=S. The van der Waals surface area contributed by atoms with E-state index < -0.39 is 0 Å². The maximum Gasteiger partial charge on any atom is 0.266 e. The molecule has 0 aromatic heterocycles. The fourth-order valence-electron chi connectivity index (χ4n) is 2.61. The molecular formula is C21H20ClNO3S2. The van der Waals surface area contributed by atoms with Crippen LogP contribution in [0.4, 0.5) is 0 Å². The Morgan fingerprint density at radius 1 is 1.14 bits per heavy atom. The number of thiocarbonyl (C=S) groups is 1. The molecule has 0 spiro atoms. The molecule has 1 aliphatic rings. The van der Waals surface area contributed by atoms with Crippen LogP contribution in [0, 0.1) is 0 Å². The average Bonchev–Trinajstić information content (AvgIpc) is 2.96. The monoisotopic (exact) mass is 433 g/mol. The first-order valence-electron chi connectivity index (χ1n) is 8.94. The minimum atomic E-state index is -0.0412. The molecule has 4 nitrogen and oxygen atoms in total. The summed E-state index contributed by atoms with van der Waals surface area (Å²) < 4.78 is 12.1. The molecule has 1 aliphatic heterocycles. The number of amides is 1. The molecule has 146 valence electrons. The van der Waals surface area contributed by atoms with Gasteiger partial charge in [0.2, 0.25) is 0 Å². The summed E-state index contributed by atoms with van der Waals surface area (Å²) in [5.41, 5.74) is 0.904. The van der Waals surface area contributed by atoms with Gasteiger partial charge in [0.1, 0.15) is 15.8 Å². The smallest absolute Gasteiger partial charge is 0.266 e. The van der Waals surface area contributed by atoms with Crippen LogP contribution in [0.15, 0.2) is 53.4 Å². The fourth-order valence-corrected chi connectivity index (χ4v) is 4.19. The standard InChI is InChI=1S/C21H20ClNO3S2/c1-2-23-20(24)19(28-21(23)27)14-15-7-5-8-16(13-15)25-11-6-12-26-18-10-4-3-9-17(18)22/h3-5,7-10,13-14H,2,6,11-12H2,1H3/b19-14+. The second kappa shape index (κ2) is 9.96.